The largest absolute Gasteiger partial charge is 0.353 e. The molecule has 5 rings (SSSR count). The Labute approximate surface area is 186 Å². The van der Waals surface area contributed by atoms with E-state index < -0.39 is 0 Å². The molecule has 0 radical (unpaired) electrons. The number of benzene rings is 1. The van der Waals surface area contributed by atoms with E-state index in [1.54, 1.807) is 12.3 Å². The first-order valence-electron chi connectivity index (χ1n) is 10.7. The second-order valence-electron chi connectivity index (χ2n) is 7.82. The molecule has 32 heavy (non-hydrogen) atoms. The predicted octanol–water partition coefficient (Wildman–Crippen LogP) is 3.91. The van der Waals surface area contributed by atoms with Crippen LogP contribution in [0.15, 0.2) is 73.1 Å². The highest BCUT2D eigenvalue weighted by molar-refractivity contribution is 6.14. The summed E-state index contributed by atoms with van der Waals surface area (Å²) in [6.45, 7) is 5.32. The van der Waals surface area contributed by atoms with Gasteiger partial charge in [-0.25, -0.2) is 15.0 Å². The van der Waals surface area contributed by atoms with Crippen LogP contribution in [0.3, 0.4) is 0 Å². The molecule has 0 unspecified atom stereocenters. The van der Waals surface area contributed by atoms with Crippen LogP contribution in [0, 0.1) is 6.92 Å². The van der Waals surface area contributed by atoms with Crippen molar-refractivity contribution in [3.63, 3.8) is 0 Å². The van der Waals surface area contributed by atoms with Gasteiger partial charge in [-0.05, 0) is 36.6 Å². The third kappa shape index (κ3) is 3.97. The Morgan fingerprint density at radius 1 is 0.844 bits per heavy atom. The number of hydrogen-bond donors (Lipinski definition) is 1. The first kappa shape index (κ1) is 19.9. The van der Waals surface area contributed by atoms with Crippen molar-refractivity contribution < 1.29 is 4.79 Å². The summed E-state index contributed by atoms with van der Waals surface area (Å²) in [6, 6.07) is 19.5. The number of carbonyl (C=O) groups is 1. The number of rotatable bonds is 4. The second-order valence-corrected chi connectivity index (χ2v) is 7.82. The van der Waals surface area contributed by atoms with E-state index >= 15 is 0 Å². The van der Waals surface area contributed by atoms with Crippen molar-refractivity contribution in [2.45, 2.75) is 6.92 Å². The van der Waals surface area contributed by atoms with Crippen molar-refractivity contribution in [1.82, 2.24) is 15.0 Å². The molecule has 1 saturated heterocycles. The van der Waals surface area contributed by atoms with E-state index in [1.807, 2.05) is 67.7 Å². The predicted molar refractivity (Wildman–Crippen MR) is 127 cm³/mol. The Morgan fingerprint density at radius 3 is 2.34 bits per heavy atom. The monoisotopic (exact) mass is 424 g/mol. The van der Waals surface area contributed by atoms with Crippen molar-refractivity contribution in [3.8, 4) is 0 Å². The van der Waals surface area contributed by atoms with Crippen molar-refractivity contribution >= 4 is 34.1 Å². The number of anilines is 3. The number of amides is 1. The second kappa shape index (κ2) is 8.63. The van der Waals surface area contributed by atoms with Gasteiger partial charge >= 0.3 is 0 Å². The zero-order chi connectivity index (χ0) is 21.9. The Hall–Kier alpha value is -4.00. The van der Waals surface area contributed by atoms with Crippen LogP contribution in [-0.2, 0) is 0 Å². The van der Waals surface area contributed by atoms with Crippen molar-refractivity contribution in [1.29, 1.82) is 0 Å². The molecule has 3 aromatic heterocycles. The lowest BCUT2D eigenvalue weighted by atomic mass is 10.1. The van der Waals surface area contributed by atoms with Crippen LogP contribution in [0.25, 0.3) is 10.8 Å². The molecule has 0 atom stereocenters. The highest BCUT2D eigenvalue weighted by Crippen LogP contribution is 2.29. The minimum Gasteiger partial charge on any atom is -0.353 e. The molecule has 1 aliphatic rings. The minimum atomic E-state index is -0.210. The summed E-state index contributed by atoms with van der Waals surface area (Å²) in [5, 5.41) is 4.76. The lowest BCUT2D eigenvalue weighted by Gasteiger charge is -2.36. The maximum absolute atomic E-state index is 13.0. The molecule has 7 nitrogen and oxygen atoms in total. The smallest absolute Gasteiger partial charge is 0.259 e. The number of aryl methyl sites for hydroxylation is 1. The fourth-order valence-corrected chi connectivity index (χ4v) is 4.10. The molecule has 1 aromatic carbocycles. The van der Waals surface area contributed by atoms with E-state index in [0.29, 0.717) is 11.4 Å². The lowest BCUT2D eigenvalue weighted by Crippen LogP contribution is -2.47. The van der Waals surface area contributed by atoms with E-state index in [0.717, 1.165) is 54.3 Å². The molecule has 0 bridgehead atoms. The number of nitrogens with zero attached hydrogens (tertiary/aromatic N) is 5. The topological polar surface area (TPSA) is 74.2 Å². The molecule has 0 spiro atoms. The summed E-state index contributed by atoms with van der Waals surface area (Å²) >= 11 is 0. The van der Waals surface area contributed by atoms with E-state index in [4.69, 9.17) is 4.98 Å². The third-order valence-corrected chi connectivity index (χ3v) is 5.70. The summed E-state index contributed by atoms with van der Waals surface area (Å²) in [7, 11) is 0. The number of fused-ring (bicyclic) bond motifs is 1. The van der Waals surface area contributed by atoms with Gasteiger partial charge in [0.25, 0.3) is 5.91 Å². The van der Waals surface area contributed by atoms with Gasteiger partial charge in [0, 0.05) is 49.7 Å². The van der Waals surface area contributed by atoms with Crippen molar-refractivity contribution in [2.24, 2.45) is 0 Å². The van der Waals surface area contributed by atoms with Gasteiger partial charge in [-0.2, -0.15) is 0 Å². The van der Waals surface area contributed by atoms with Crippen LogP contribution in [0.5, 0.6) is 0 Å². The molecular weight excluding hydrogens is 400 g/mol. The zero-order valence-electron chi connectivity index (χ0n) is 17.9. The highest BCUT2D eigenvalue weighted by Gasteiger charge is 2.22. The van der Waals surface area contributed by atoms with Crippen LogP contribution in [0.4, 0.5) is 17.5 Å². The first-order valence-corrected chi connectivity index (χ1v) is 10.7. The number of piperazine rings is 1. The Kier molecular flexibility index (Phi) is 5.37. The fourth-order valence-electron chi connectivity index (χ4n) is 4.10. The van der Waals surface area contributed by atoms with Gasteiger partial charge in [0.15, 0.2) is 0 Å². The normalized spacial score (nSPS) is 13.9. The van der Waals surface area contributed by atoms with E-state index in [9.17, 15) is 4.79 Å². The summed E-state index contributed by atoms with van der Waals surface area (Å²) in [4.78, 5) is 31.1. The van der Waals surface area contributed by atoms with Gasteiger partial charge < -0.3 is 15.1 Å². The Morgan fingerprint density at radius 2 is 1.59 bits per heavy atom. The molecule has 160 valence electrons. The van der Waals surface area contributed by atoms with Gasteiger partial charge in [-0.15, -0.1) is 0 Å². The summed E-state index contributed by atoms with van der Waals surface area (Å²) in [5.74, 6) is 2.24. The molecule has 1 amide bonds. The maximum Gasteiger partial charge on any atom is 0.259 e. The van der Waals surface area contributed by atoms with Crippen LogP contribution >= 0.6 is 0 Å². The van der Waals surface area contributed by atoms with Gasteiger partial charge in [-0.3, -0.25) is 4.79 Å². The lowest BCUT2D eigenvalue weighted by molar-refractivity contribution is 0.102. The SMILES string of the molecule is Cc1cccc(NC(=O)c2cnc(N3CCN(c4ccccn4)CC3)c3ccccc23)n1. The number of pyridine rings is 3. The molecule has 4 heterocycles. The number of nitrogens with one attached hydrogen (secondary N) is 1. The zero-order valence-corrected chi connectivity index (χ0v) is 17.9. The average Bonchev–Trinajstić information content (AvgIpc) is 2.84. The Balaban J connectivity index is 1.40. The molecule has 1 aliphatic heterocycles. The molecule has 0 saturated carbocycles. The number of aromatic nitrogens is 3. The molecule has 1 N–H and O–H groups in total. The van der Waals surface area contributed by atoms with Crippen LogP contribution in [0.1, 0.15) is 16.1 Å². The summed E-state index contributed by atoms with van der Waals surface area (Å²) in [6.07, 6.45) is 3.50. The van der Waals surface area contributed by atoms with Crippen LogP contribution in [0.2, 0.25) is 0 Å². The summed E-state index contributed by atoms with van der Waals surface area (Å²) < 4.78 is 0. The molecule has 0 aliphatic carbocycles. The first-order chi connectivity index (χ1) is 15.7. The standard InChI is InChI=1S/C25H24N6O/c1-18-7-6-10-22(28-18)29-25(32)21-17-27-24(20-9-3-2-8-19(20)21)31-15-13-30(14-16-31)23-11-4-5-12-26-23/h2-12,17H,13-16H2,1H3,(H,28,29,32). The molecule has 1 fully saturated rings. The van der Waals surface area contributed by atoms with Crippen LogP contribution in [-0.4, -0.2) is 47.0 Å². The van der Waals surface area contributed by atoms with Gasteiger partial charge in [0.2, 0.25) is 0 Å². The average molecular weight is 425 g/mol. The molecule has 7 heteroatoms. The fraction of sp³-hybridized carbons (Fsp3) is 0.200. The third-order valence-electron chi connectivity index (χ3n) is 5.70. The van der Waals surface area contributed by atoms with Gasteiger partial charge in [0.1, 0.15) is 17.5 Å². The van der Waals surface area contributed by atoms with Crippen LogP contribution < -0.4 is 15.1 Å². The van der Waals surface area contributed by atoms with E-state index in [1.165, 1.54) is 0 Å². The summed E-state index contributed by atoms with van der Waals surface area (Å²) in [5.41, 5.74) is 1.39. The number of hydrogen-bond acceptors (Lipinski definition) is 6. The van der Waals surface area contributed by atoms with Crippen molar-refractivity contribution in [3.05, 3.63) is 84.3 Å². The Bertz CT molecular complexity index is 1250. The maximum atomic E-state index is 13.0. The van der Waals surface area contributed by atoms with Gasteiger partial charge in [-0.1, -0.05) is 36.4 Å². The molecular formula is C25H24N6O. The molecule has 4 aromatic rings. The quantitative estimate of drug-likeness (QED) is 0.535. The van der Waals surface area contributed by atoms with Gasteiger partial charge in [0.05, 0.1) is 5.56 Å². The van der Waals surface area contributed by atoms with Crippen molar-refractivity contribution in [2.75, 3.05) is 41.3 Å². The minimum absolute atomic E-state index is 0.210. The van der Waals surface area contributed by atoms with E-state index in [-0.39, 0.29) is 5.91 Å². The van der Waals surface area contributed by atoms with E-state index in [2.05, 4.69) is 25.1 Å². The number of carbonyl (C=O) groups excluding carboxylic acids is 1. The highest BCUT2D eigenvalue weighted by atomic mass is 16.1.